The highest BCUT2D eigenvalue weighted by molar-refractivity contribution is 7.89. The van der Waals surface area contributed by atoms with Crippen LogP contribution in [-0.2, 0) is 16.6 Å². The van der Waals surface area contributed by atoms with Crippen LogP contribution in [0.1, 0.15) is 24.3 Å². The summed E-state index contributed by atoms with van der Waals surface area (Å²) in [4.78, 5) is 10.9. The van der Waals surface area contributed by atoms with E-state index >= 15 is 0 Å². The number of carboxylic acid groups (broad SMARTS) is 1. The van der Waals surface area contributed by atoms with Crippen molar-refractivity contribution in [2.45, 2.75) is 31.3 Å². The summed E-state index contributed by atoms with van der Waals surface area (Å²) in [5.41, 5.74) is -0.0777. The van der Waals surface area contributed by atoms with Crippen LogP contribution in [0.4, 0.5) is 0 Å². The lowest BCUT2D eigenvalue weighted by Gasteiger charge is -2.21. The zero-order chi connectivity index (χ0) is 14.8. The Hall–Kier alpha value is -1.38. The van der Waals surface area contributed by atoms with Crippen molar-refractivity contribution in [1.29, 1.82) is 0 Å². The van der Waals surface area contributed by atoms with E-state index in [9.17, 15) is 13.2 Å². The van der Waals surface area contributed by atoms with Crippen LogP contribution in [0, 0.1) is 0 Å². The number of aryl methyl sites for hydroxylation is 1. The Morgan fingerprint density at radius 3 is 2.47 bits per heavy atom. The smallest absolute Gasteiger partial charge is 0.352 e. The standard InChI is InChI=1S/C11H18N2O5S/c1-4-13-6-9(5-10(13)11(15)16)19(17,18)12(3)8(2)7-14/h5-6,8,14H,4,7H2,1-3H3,(H,15,16). The Morgan fingerprint density at radius 1 is 1.53 bits per heavy atom. The molecule has 2 N–H and O–H groups in total. The summed E-state index contributed by atoms with van der Waals surface area (Å²) in [6.45, 7) is 3.34. The van der Waals surface area contributed by atoms with Gasteiger partial charge in [-0.3, -0.25) is 0 Å². The van der Waals surface area contributed by atoms with Crippen molar-refractivity contribution in [3.05, 3.63) is 18.0 Å². The Morgan fingerprint density at radius 2 is 2.11 bits per heavy atom. The molecular formula is C11H18N2O5S. The van der Waals surface area contributed by atoms with Gasteiger partial charge in [0.15, 0.2) is 0 Å². The maximum Gasteiger partial charge on any atom is 0.352 e. The molecule has 0 saturated heterocycles. The van der Waals surface area contributed by atoms with Crippen molar-refractivity contribution >= 4 is 16.0 Å². The van der Waals surface area contributed by atoms with Gasteiger partial charge in [0.05, 0.1) is 6.61 Å². The Bertz CT molecular complexity index is 564. The van der Waals surface area contributed by atoms with Crippen LogP contribution in [0.5, 0.6) is 0 Å². The van der Waals surface area contributed by atoms with Gasteiger partial charge >= 0.3 is 5.97 Å². The summed E-state index contributed by atoms with van der Waals surface area (Å²) in [6, 6.07) is 0.546. The van der Waals surface area contributed by atoms with Crippen LogP contribution >= 0.6 is 0 Å². The van der Waals surface area contributed by atoms with Gasteiger partial charge in [-0.2, -0.15) is 4.31 Å². The van der Waals surface area contributed by atoms with Crippen molar-refractivity contribution < 1.29 is 23.4 Å². The largest absolute Gasteiger partial charge is 0.477 e. The molecule has 1 aromatic heterocycles. The molecule has 0 fully saturated rings. The second-order valence-corrected chi connectivity index (χ2v) is 6.20. The third kappa shape index (κ3) is 2.96. The van der Waals surface area contributed by atoms with E-state index in [4.69, 9.17) is 10.2 Å². The van der Waals surface area contributed by atoms with Gasteiger partial charge < -0.3 is 14.8 Å². The fourth-order valence-electron chi connectivity index (χ4n) is 1.58. The number of aromatic carboxylic acids is 1. The molecule has 0 amide bonds. The Balaban J connectivity index is 3.26. The van der Waals surface area contributed by atoms with Gasteiger partial charge in [0.1, 0.15) is 10.6 Å². The van der Waals surface area contributed by atoms with E-state index in [0.29, 0.717) is 6.54 Å². The van der Waals surface area contributed by atoms with E-state index < -0.39 is 22.0 Å². The zero-order valence-electron chi connectivity index (χ0n) is 11.1. The topological polar surface area (TPSA) is 99.8 Å². The molecule has 0 bridgehead atoms. The molecular weight excluding hydrogens is 272 g/mol. The third-order valence-electron chi connectivity index (χ3n) is 2.99. The molecule has 1 aromatic rings. The molecule has 0 spiro atoms. The predicted molar refractivity (Wildman–Crippen MR) is 68.6 cm³/mol. The molecule has 1 atom stereocenters. The molecule has 1 rings (SSSR count). The second-order valence-electron chi connectivity index (χ2n) is 4.21. The highest BCUT2D eigenvalue weighted by atomic mass is 32.2. The third-order valence-corrected chi connectivity index (χ3v) is 4.93. The van der Waals surface area contributed by atoms with Crippen molar-refractivity contribution in [2.24, 2.45) is 0 Å². The van der Waals surface area contributed by atoms with Crippen molar-refractivity contribution in [3.8, 4) is 0 Å². The minimum Gasteiger partial charge on any atom is -0.477 e. The van der Waals surface area contributed by atoms with E-state index in [1.54, 1.807) is 13.8 Å². The van der Waals surface area contributed by atoms with Crippen molar-refractivity contribution in [3.63, 3.8) is 0 Å². The molecule has 108 valence electrons. The maximum absolute atomic E-state index is 12.2. The molecule has 19 heavy (non-hydrogen) atoms. The molecule has 0 aliphatic heterocycles. The van der Waals surface area contributed by atoms with E-state index in [1.165, 1.54) is 17.8 Å². The number of sulfonamides is 1. The maximum atomic E-state index is 12.2. The average molecular weight is 290 g/mol. The minimum atomic E-state index is -3.81. The lowest BCUT2D eigenvalue weighted by Crippen LogP contribution is -2.37. The predicted octanol–water partition coefficient (Wildman–Crippen LogP) is 0.208. The number of carbonyl (C=O) groups is 1. The molecule has 1 heterocycles. The van der Waals surface area contributed by atoms with Crippen LogP contribution < -0.4 is 0 Å². The molecule has 8 heteroatoms. The molecule has 0 saturated carbocycles. The van der Waals surface area contributed by atoms with E-state index in [1.807, 2.05) is 0 Å². The van der Waals surface area contributed by atoms with Gasteiger partial charge in [-0.25, -0.2) is 13.2 Å². The molecule has 1 unspecified atom stereocenters. The number of aromatic nitrogens is 1. The molecule has 0 aromatic carbocycles. The molecule has 0 aliphatic rings. The van der Waals surface area contributed by atoms with Crippen LogP contribution in [0.2, 0.25) is 0 Å². The number of aliphatic hydroxyl groups excluding tert-OH is 1. The quantitative estimate of drug-likeness (QED) is 0.780. The normalized spacial score (nSPS) is 13.7. The second kappa shape index (κ2) is 5.72. The SMILES string of the molecule is CCn1cc(S(=O)(=O)N(C)C(C)CO)cc1C(=O)O. The summed E-state index contributed by atoms with van der Waals surface area (Å²) in [6.07, 6.45) is 1.29. The first-order chi connectivity index (χ1) is 8.75. The number of carboxylic acids is 1. The Labute approximate surface area is 112 Å². The first kappa shape index (κ1) is 15.7. The molecule has 0 aliphatic carbocycles. The summed E-state index contributed by atoms with van der Waals surface area (Å²) in [5, 5.41) is 18.0. The van der Waals surface area contributed by atoms with Crippen molar-refractivity contribution in [2.75, 3.05) is 13.7 Å². The first-order valence-corrected chi connectivity index (χ1v) is 7.22. The number of hydrogen-bond acceptors (Lipinski definition) is 4. The lowest BCUT2D eigenvalue weighted by molar-refractivity contribution is 0.0685. The number of aliphatic hydroxyl groups is 1. The number of nitrogens with zero attached hydrogens (tertiary/aromatic N) is 2. The minimum absolute atomic E-state index is 0.0777. The van der Waals surface area contributed by atoms with Gasteiger partial charge in [0.2, 0.25) is 10.0 Å². The number of hydrogen-bond donors (Lipinski definition) is 2. The zero-order valence-corrected chi connectivity index (χ0v) is 11.9. The molecule has 7 nitrogen and oxygen atoms in total. The first-order valence-electron chi connectivity index (χ1n) is 5.78. The van der Waals surface area contributed by atoms with E-state index in [-0.39, 0.29) is 17.2 Å². The Kier molecular flexibility index (Phi) is 4.72. The number of rotatable bonds is 6. The van der Waals surface area contributed by atoms with Crippen molar-refractivity contribution in [1.82, 2.24) is 8.87 Å². The van der Waals surface area contributed by atoms with Gasteiger partial charge in [-0.1, -0.05) is 0 Å². The molecule has 0 radical (unpaired) electrons. The summed E-state index contributed by atoms with van der Waals surface area (Å²) in [7, 11) is -2.46. The van der Waals surface area contributed by atoms with Gasteiger partial charge in [-0.15, -0.1) is 0 Å². The number of likely N-dealkylation sites (N-methyl/N-ethyl adjacent to an activating group) is 1. The van der Waals surface area contributed by atoms with Crippen LogP contribution in [0.15, 0.2) is 17.2 Å². The summed E-state index contributed by atoms with van der Waals surface area (Å²) >= 11 is 0. The lowest BCUT2D eigenvalue weighted by atomic mass is 10.4. The van der Waals surface area contributed by atoms with Gasteiger partial charge in [0, 0.05) is 25.8 Å². The monoisotopic (exact) mass is 290 g/mol. The van der Waals surface area contributed by atoms with Crippen LogP contribution in [0.3, 0.4) is 0 Å². The van der Waals surface area contributed by atoms with Crippen LogP contribution in [0.25, 0.3) is 0 Å². The fraction of sp³-hybridized carbons (Fsp3) is 0.545. The summed E-state index contributed by atoms with van der Waals surface area (Å²) < 4.78 is 26.9. The van der Waals surface area contributed by atoms with Crippen LogP contribution in [-0.4, -0.2) is 53.2 Å². The van der Waals surface area contributed by atoms with Gasteiger partial charge in [0.25, 0.3) is 0 Å². The van der Waals surface area contributed by atoms with Gasteiger partial charge in [-0.05, 0) is 19.9 Å². The summed E-state index contributed by atoms with van der Waals surface area (Å²) in [5.74, 6) is -1.18. The van der Waals surface area contributed by atoms with E-state index in [2.05, 4.69) is 0 Å². The average Bonchev–Trinajstić information content (AvgIpc) is 2.81. The highest BCUT2D eigenvalue weighted by Crippen LogP contribution is 2.20. The highest BCUT2D eigenvalue weighted by Gasteiger charge is 2.27. The fourth-order valence-corrected chi connectivity index (χ4v) is 2.98. The van der Waals surface area contributed by atoms with E-state index in [0.717, 1.165) is 10.4 Å².